The zero-order chi connectivity index (χ0) is 16.2. The summed E-state index contributed by atoms with van der Waals surface area (Å²) in [5.74, 6) is 0.0277. The number of phenols is 1. The molecule has 1 aliphatic rings. The van der Waals surface area contributed by atoms with Crippen molar-refractivity contribution in [3.05, 3.63) is 59.9 Å². The Balaban J connectivity index is 1.57. The molecule has 120 valence electrons. The Labute approximate surface area is 134 Å². The summed E-state index contributed by atoms with van der Waals surface area (Å²) in [6.07, 6.45) is 0.319. The first kappa shape index (κ1) is 15.3. The number of para-hydroxylation sites is 1. The van der Waals surface area contributed by atoms with Gasteiger partial charge in [-0.15, -0.1) is 0 Å². The van der Waals surface area contributed by atoms with E-state index in [0.29, 0.717) is 38.3 Å². The molecular weight excluding hydrogens is 295 g/mol. The fourth-order valence-electron chi connectivity index (χ4n) is 2.81. The molecule has 0 bridgehead atoms. The second kappa shape index (κ2) is 6.69. The van der Waals surface area contributed by atoms with E-state index in [1.807, 2.05) is 15.9 Å². The molecule has 0 saturated carbocycles. The topological polar surface area (TPSA) is 43.8 Å². The Hall–Kier alpha value is -2.56. The van der Waals surface area contributed by atoms with Gasteiger partial charge >= 0.3 is 0 Å². The first-order valence-electron chi connectivity index (χ1n) is 7.68. The van der Waals surface area contributed by atoms with Crippen molar-refractivity contribution in [3.63, 3.8) is 0 Å². The number of hydrogen-bond donors (Lipinski definition) is 1. The van der Waals surface area contributed by atoms with Gasteiger partial charge in [0.1, 0.15) is 11.6 Å². The number of carbonyl (C=O) groups excluding carboxylic acids is 1. The van der Waals surface area contributed by atoms with Crippen LogP contribution in [0.5, 0.6) is 5.75 Å². The predicted molar refractivity (Wildman–Crippen MR) is 87.0 cm³/mol. The number of aromatic hydroxyl groups is 1. The molecule has 23 heavy (non-hydrogen) atoms. The van der Waals surface area contributed by atoms with Crippen molar-refractivity contribution in [2.24, 2.45) is 0 Å². The molecule has 3 rings (SSSR count). The largest absolute Gasteiger partial charge is 0.508 e. The Morgan fingerprint density at radius 2 is 1.65 bits per heavy atom. The standard InChI is InChI=1S/C18H19FN2O2/c19-16-3-1-2-4-17(16)20-9-11-21(12-10-20)18(23)13-14-5-7-15(22)8-6-14/h1-8,22H,9-13H2. The van der Waals surface area contributed by atoms with Gasteiger partial charge in [-0.05, 0) is 29.8 Å². The molecule has 1 heterocycles. The highest BCUT2D eigenvalue weighted by molar-refractivity contribution is 5.79. The summed E-state index contributed by atoms with van der Waals surface area (Å²) in [4.78, 5) is 16.1. The van der Waals surface area contributed by atoms with Crippen molar-refractivity contribution in [1.82, 2.24) is 4.90 Å². The van der Waals surface area contributed by atoms with Gasteiger partial charge in [0.05, 0.1) is 12.1 Å². The van der Waals surface area contributed by atoms with Crippen LogP contribution in [-0.2, 0) is 11.2 Å². The number of halogens is 1. The molecule has 0 unspecified atom stereocenters. The van der Waals surface area contributed by atoms with Crippen molar-refractivity contribution in [3.8, 4) is 5.75 Å². The summed E-state index contributed by atoms with van der Waals surface area (Å²) in [5.41, 5.74) is 1.47. The molecular formula is C18H19FN2O2. The van der Waals surface area contributed by atoms with Gasteiger partial charge < -0.3 is 14.9 Å². The average molecular weight is 314 g/mol. The molecule has 1 fully saturated rings. The van der Waals surface area contributed by atoms with Crippen LogP contribution in [-0.4, -0.2) is 42.1 Å². The molecule has 1 amide bonds. The maximum Gasteiger partial charge on any atom is 0.227 e. The molecule has 0 atom stereocenters. The minimum absolute atomic E-state index is 0.0591. The fourth-order valence-corrected chi connectivity index (χ4v) is 2.81. The van der Waals surface area contributed by atoms with Crippen LogP contribution in [0.1, 0.15) is 5.56 Å². The van der Waals surface area contributed by atoms with Crippen LogP contribution >= 0.6 is 0 Å². The summed E-state index contributed by atoms with van der Waals surface area (Å²) in [5, 5.41) is 9.27. The van der Waals surface area contributed by atoms with Crippen LogP contribution in [0.4, 0.5) is 10.1 Å². The number of phenolic OH excluding ortho intramolecular Hbond substituents is 1. The zero-order valence-electron chi connectivity index (χ0n) is 12.8. The maximum atomic E-state index is 13.8. The average Bonchev–Trinajstić information content (AvgIpc) is 2.57. The van der Waals surface area contributed by atoms with E-state index in [4.69, 9.17) is 0 Å². The van der Waals surface area contributed by atoms with Crippen molar-refractivity contribution < 1.29 is 14.3 Å². The van der Waals surface area contributed by atoms with Crippen molar-refractivity contribution >= 4 is 11.6 Å². The van der Waals surface area contributed by atoms with Crippen LogP contribution in [0.2, 0.25) is 0 Å². The zero-order valence-corrected chi connectivity index (χ0v) is 12.8. The summed E-state index contributed by atoms with van der Waals surface area (Å²) in [6.45, 7) is 2.43. The minimum atomic E-state index is -0.226. The highest BCUT2D eigenvalue weighted by atomic mass is 19.1. The van der Waals surface area contributed by atoms with Crippen molar-refractivity contribution in [2.75, 3.05) is 31.1 Å². The summed E-state index contributed by atoms with van der Waals surface area (Å²) in [7, 11) is 0. The summed E-state index contributed by atoms with van der Waals surface area (Å²) < 4.78 is 13.8. The van der Waals surface area contributed by atoms with Crippen LogP contribution in [0.25, 0.3) is 0 Å². The SMILES string of the molecule is O=C(Cc1ccc(O)cc1)N1CCN(c2ccccc2F)CC1. The normalized spacial score (nSPS) is 14.8. The number of nitrogens with zero attached hydrogens (tertiary/aromatic N) is 2. The number of hydrogen-bond acceptors (Lipinski definition) is 3. The molecule has 0 spiro atoms. The number of anilines is 1. The molecule has 2 aromatic carbocycles. The molecule has 0 aromatic heterocycles. The number of benzene rings is 2. The lowest BCUT2D eigenvalue weighted by Crippen LogP contribution is -2.49. The van der Waals surface area contributed by atoms with Gasteiger partial charge in [0.2, 0.25) is 5.91 Å². The quantitative estimate of drug-likeness (QED) is 0.946. The van der Waals surface area contributed by atoms with Crippen LogP contribution in [0.15, 0.2) is 48.5 Å². The van der Waals surface area contributed by atoms with Gasteiger partial charge in [-0.1, -0.05) is 24.3 Å². The Kier molecular flexibility index (Phi) is 4.46. The Bertz CT molecular complexity index is 680. The van der Waals surface area contributed by atoms with E-state index in [-0.39, 0.29) is 17.5 Å². The molecule has 0 aliphatic carbocycles. The van der Waals surface area contributed by atoms with E-state index in [1.54, 1.807) is 36.4 Å². The lowest BCUT2D eigenvalue weighted by molar-refractivity contribution is -0.130. The van der Waals surface area contributed by atoms with E-state index in [1.165, 1.54) is 6.07 Å². The maximum absolute atomic E-state index is 13.8. The van der Waals surface area contributed by atoms with Gasteiger partial charge in [-0.3, -0.25) is 4.79 Å². The Morgan fingerprint density at radius 3 is 2.30 bits per heavy atom. The van der Waals surface area contributed by atoms with Gasteiger partial charge in [0.15, 0.2) is 0 Å². The van der Waals surface area contributed by atoms with E-state index in [2.05, 4.69) is 0 Å². The highest BCUT2D eigenvalue weighted by Crippen LogP contribution is 2.20. The summed E-state index contributed by atoms with van der Waals surface area (Å²) in [6, 6.07) is 13.4. The van der Waals surface area contributed by atoms with Crippen molar-refractivity contribution in [2.45, 2.75) is 6.42 Å². The van der Waals surface area contributed by atoms with Crippen molar-refractivity contribution in [1.29, 1.82) is 0 Å². The van der Waals surface area contributed by atoms with E-state index in [0.717, 1.165) is 5.56 Å². The monoisotopic (exact) mass is 314 g/mol. The molecule has 1 saturated heterocycles. The number of piperazine rings is 1. The van der Waals surface area contributed by atoms with E-state index >= 15 is 0 Å². The van der Waals surface area contributed by atoms with Crippen LogP contribution < -0.4 is 4.90 Å². The fraction of sp³-hybridized carbons (Fsp3) is 0.278. The first-order valence-corrected chi connectivity index (χ1v) is 7.68. The molecule has 4 nitrogen and oxygen atoms in total. The lowest BCUT2D eigenvalue weighted by Gasteiger charge is -2.36. The van der Waals surface area contributed by atoms with Crippen LogP contribution in [0, 0.1) is 5.82 Å². The van der Waals surface area contributed by atoms with Gasteiger partial charge in [0, 0.05) is 26.2 Å². The second-order valence-corrected chi connectivity index (χ2v) is 5.66. The minimum Gasteiger partial charge on any atom is -0.508 e. The van der Waals surface area contributed by atoms with Gasteiger partial charge in [0.25, 0.3) is 0 Å². The number of carbonyl (C=O) groups is 1. The van der Waals surface area contributed by atoms with Gasteiger partial charge in [-0.2, -0.15) is 0 Å². The molecule has 1 N–H and O–H groups in total. The van der Waals surface area contributed by atoms with Crippen LogP contribution in [0.3, 0.4) is 0 Å². The third-order valence-corrected chi connectivity index (χ3v) is 4.12. The first-order chi connectivity index (χ1) is 11.1. The third-order valence-electron chi connectivity index (χ3n) is 4.12. The highest BCUT2D eigenvalue weighted by Gasteiger charge is 2.22. The smallest absolute Gasteiger partial charge is 0.227 e. The molecule has 1 aliphatic heterocycles. The second-order valence-electron chi connectivity index (χ2n) is 5.66. The van der Waals surface area contributed by atoms with E-state index in [9.17, 15) is 14.3 Å². The van der Waals surface area contributed by atoms with Gasteiger partial charge in [-0.25, -0.2) is 4.39 Å². The molecule has 0 radical (unpaired) electrons. The lowest BCUT2D eigenvalue weighted by atomic mass is 10.1. The number of amides is 1. The third kappa shape index (κ3) is 3.62. The number of rotatable bonds is 3. The predicted octanol–water partition coefficient (Wildman–Crippen LogP) is 2.42. The Morgan fingerprint density at radius 1 is 1.00 bits per heavy atom. The van der Waals surface area contributed by atoms with E-state index < -0.39 is 0 Å². The molecule has 5 heteroatoms. The molecule has 2 aromatic rings. The summed E-state index contributed by atoms with van der Waals surface area (Å²) >= 11 is 0.